The van der Waals surface area contributed by atoms with Crippen molar-refractivity contribution in [1.29, 1.82) is 0 Å². The zero-order chi connectivity index (χ0) is 19.2. The summed E-state index contributed by atoms with van der Waals surface area (Å²) in [6.07, 6.45) is 12.7. The van der Waals surface area contributed by atoms with Gasteiger partial charge in [0.1, 0.15) is 0 Å². The van der Waals surface area contributed by atoms with Crippen LogP contribution in [0.15, 0.2) is 60.7 Å². The summed E-state index contributed by atoms with van der Waals surface area (Å²) in [5.74, 6) is 0. The summed E-state index contributed by atoms with van der Waals surface area (Å²) in [6.45, 7) is 4.55. The molecule has 0 N–H and O–H groups in total. The Hall–Kier alpha value is -1.60. The van der Waals surface area contributed by atoms with Crippen molar-refractivity contribution in [2.24, 2.45) is 0 Å². The topological polar surface area (TPSA) is 9.23 Å². The molecule has 0 heterocycles. The zero-order valence-electron chi connectivity index (χ0n) is 17.4. The van der Waals surface area contributed by atoms with Gasteiger partial charge in [0.25, 0.3) is 0 Å². The minimum atomic E-state index is 0.328. The molecule has 0 saturated heterocycles. The fraction of sp³-hybridized carbons (Fsp3) is 0.538. The number of rotatable bonds is 14. The Morgan fingerprint density at radius 1 is 0.593 bits per heavy atom. The molecule has 2 rings (SSSR count). The maximum Gasteiger partial charge on any atom is 0.0619 e. The molecule has 2 aromatic carbocycles. The minimum absolute atomic E-state index is 0.328. The lowest BCUT2D eigenvalue weighted by molar-refractivity contribution is -0.0216. The number of hydrogen-bond acceptors (Lipinski definition) is 1. The molecule has 2 unspecified atom stereocenters. The van der Waals surface area contributed by atoms with Gasteiger partial charge in [-0.3, -0.25) is 0 Å². The summed E-state index contributed by atoms with van der Waals surface area (Å²) >= 11 is 0. The highest BCUT2D eigenvalue weighted by Gasteiger charge is 2.18. The molecule has 0 aliphatic heterocycles. The first-order valence-electron chi connectivity index (χ1n) is 11.0. The molecular weight excluding hydrogens is 328 g/mol. The first-order chi connectivity index (χ1) is 13.3. The highest BCUT2D eigenvalue weighted by molar-refractivity contribution is 5.16. The molecule has 148 valence electrons. The minimum Gasteiger partial charge on any atom is -0.374 e. The quantitative estimate of drug-likeness (QED) is 0.317. The highest BCUT2D eigenvalue weighted by atomic mass is 16.5. The largest absolute Gasteiger partial charge is 0.374 e. The van der Waals surface area contributed by atoms with Gasteiger partial charge in [0.2, 0.25) is 0 Å². The van der Waals surface area contributed by atoms with Crippen LogP contribution in [0.1, 0.15) is 76.3 Å². The Balaban J connectivity index is 2.01. The number of hydrogen-bond donors (Lipinski definition) is 0. The van der Waals surface area contributed by atoms with E-state index in [0.717, 1.165) is 12.8 Å². The SMILES string of the molecule is CCCCCC(Cc1ccccc1)OC(CCCCC)Cc1ccccc1. The van der Waals surface area contributed by atoms with Gasteiger partial charge in [-0.25, -0.2) is 0 Å². The van der Waals surface area contributed by atoms with E-state index in [0.29, 0.717) is 12.2 Å². The van der Waals surface area contributed by atoms with Gasteiger partial charge in [-0.15, -0.1) is 0 Å². The number of ether oxygens (including phenoxy) is 1. The highest BCUT2D eigenvalue weighted by Crippen LogP contribution is 2.20. The van der Waals surface area contributed by atoms with E-state index in [2.05, 4.69) is 74.5 Å². The van der Waals surface area contributed by atoms with E-state index in [4.69, 9.17) is 4.74 Å². The molecule has 27 heavy (non-hydrogen) atoms. The smallest absolute Gasteiger partial charge is 0.0619 e. The van der Waals surface area contributed by atoms with Gasteiger partial charge in [0.15, 0.2) is 0 Å². The second-order valence-electron chi connectivity index (χ2n) is 7.75. The van der Waals surface area contributed by atoms with Crippen molar-refractivity contribution in [2.45, 2.75) is 90.3 Å². The molecule has 1 heteroatoms. The van der Waals surface area contributed by atoms with Crippen LogP contribution in [-0.2, 0) is 17.6 Å². The first-order valence-corrected chi connectivity index (χ1v) is 11.0. The molecule has 0 spiro atoms. The van der Waals surface area contributed by atoms with Crippen molar-refractivity contribution in [3.05, 3.63) is 71.8 Å². The van der Waals surface area contributed by atoms with Crippen LogP contribution in [0.2, 0.25) is 0 Å². The normalized spacial score (nSPS) is 13.4. The van der Waals surface area contributed by atoms with Crippen molar-refractivity contribution in [1.82, 2.24) is 0 Å². The van der Waals surface area contributed by atoms with E-state index < -0.39 is 0 Å². The molecule has 0 saturated carbocycles. The lowest BCUT2D eigenvalue weighted by atomic mass is 10.00. The third kappa shape index (κ3) is 9.24. The Kier molecular flexibility index (Phi) is 10.9. The van der Waals surface area contributed by atoms with E-state index in [9.17, 15) is 0 Å². The fourth-order valence-electron chi connectivity index (χ4n) is 3.71. The summed E-state index contributed by atoms with van der Waals surface area (Å²) in [6, 6.07) is 21.7. The Morgan fingerprint density at radius 2 is 1.00 bits per heavy atom. The van der Waals surface area contributed by atoms with Crippen LogP contribution < -0.4 is 0 Å². The van der Waals surface area contributed by atoms with E-state index in [-0.39, 0.29) is 0 Å². The van der Waals surface area contributed by atoms with E-state index >= 15 is 0 Å². The third-order valence-electron chi connectivity index (χ3n) is 5.26. The molecule has 0 bridgehead atoms. The van der Waals surface area contributed by atoms with E-state index in [1.807, 2.05) is 0 Å². The molecule has 2 atom stereocenters. The number of benzene rings is 2. The van der Waals surface area contributed by atoms with Gasteiger partial charge >= 0.3 is 0 Å². The summed E-state index contributed by atoms with van der Waals surface area (Å²) < 4.78 is 6.75. The average Bonchev–Trinajstić information content (AvgIpc) is 2.70. The van der Waals surface area contributed by atoms with E-state index in [1.54, 1.807) is 0 Å². The van der Waals surface area contributed by atoms with Gasteiger partial charge in [-0.2, -0.15) is 0 Å². The van der Waals surface area contributed by atoms with Crippen molar-refractivity contribution in [3.63, 3.8) is 0 Å². The summed E-state index contributed by atoms with van der Waals surface area (Å²) in [7, 11) is 0. The van der Waals surface area contributed by atoms with Crippen LogP contribution >= 0.6 is 0 Å². The van der Waals surface area contributed by atoms with Crippen molar-refractivity contribution in [3.8, 4) is 0 Å². The lowest BCUT2D eigenvalue weighted by Crippen LogP contribution is -2.26. The molecular formula is C26H38O. The van der Waals surface area contributed by atoms with Crippen molar-refractivity contribution in [2.75, 3.05) is 0 Å². The van der Waals surface area contributed by atoms with Crippen LogP contribution in [0.4, 0.5) is 0 Å². The van der Waals surface area contributed by atoms with E-state index in [1.165, 1.54) is 62.5 Å². The predicted octanol–water partition coefficient (Wildman–Crippen LogP) is 7.39. The Bertz CT molecular complexity index is 524. The van der Waals surface area contributed by atoms with Gasteiger partial charge in [0, 0.05) is 0 Å². The Labute approximate surface area is 167 Å². The maximum absolute atomic E-state index is 6.75. The summed E-state index contributed by atoms with van der Waals surface area (Å²) in [4.78, 5) is 0. The van der Waals surface area contributed by atoms with Gasteiger partial charge in [0.05, 0.1) is 12.2 Å². The van der Waals surface area contributed by atoms with Crippen LogP contribution in [0.5, 0.6) is 0 Å². The predicted molar refractivity (Wildman–Crippen MR) is 117 cm³/mol. The molecule has 0 amide bonds. The second-order valence-corrected chi connectivity index (χ2v) is 7.75. The zero-order valence-corrected chi connectivity index (χ0v) is 17.4. The first kappa shape index (κ1) is 21.7. The van der Waals surface area contributed by atoms with Crippen LogP contribution in [-0.4, -0.2) is 12.2 Å². The lowest BCUT2D eigenvalue weighted by Gasteiger charge is -2.26. The standard InChI is InChI=1S/C26H38O/c1-3-5-9-19-25(21-23-15-11-7-12-16-23)27-26(20-10-6-4-2)22-24-17-13-8-14-18-24/h7-8,11-18,25-26H,3-6,9-10,19-22H2,1-2H3. The second kappa shape index (κ2) is 13.6. The third-order valence-corrected chi connectivity index (χ3v) is 5.26. The monoisotopic (exact) mass is 366 g/mol. The molecule has 0 fully saturated rings. The Morgan fingerprint density at radius 3 is 1.37 bits per heavy atom. The molecule has 0 aliphatic rings. The van der Waals surface area contributed by atoms with Crippen LogP contribution in [0, 0.1) is 0 Å². The fourth-order valence-corrected chi connectivity index (χ4v) is 3.71. The van der Waals surface area contributed by atoms with Crippen molar-refractivity contribution < 1.29 is 4.74 Å². The molecule has 0 aromatic heterocycles. The van der Waals surface area contributed by atoms with Crippen molar-refractivity contribution >= 4 is 0 Å². The molecule has 0 radical (unpaired) electrons. The molecule has 2 aromatic rings. The summed E-state index contributed by atoms with van der Waals surface area (Å²) in [5, 5.41) is 0. The van der Waals surface area contributed by atoms with Crippen LogP contribution in [0.25, 0.3) is 0 Å². The van der Waals surface area contributed by atoms with Gasteiger partial charge in [-0.1, -0.05) is 113 Å². The van der Waals surface area contributed by atoms with Gasteiger partial charge in [-0.05, 0) is 36.8 Å². The maximum atomic E-state index is 6.75. The van der Waals surface area contributed by atoms with Crippen LogP contribution in [0.3, 0.4) is 0 Å². The summed E-state index contributed by atoms with van der Waals surface area (Å²) in [5.41, 5.74) is 2.79. The molecule has 1 nitrogen and oxygen atoms in total. The van der Waals surface area contributed by atoms with Gasteiger partial charge < -0.3 is 4.74 Å². The molecule has 0 aliphatic carbocycles. The number of unbranched alkanes of at least 4 members (excludes halogenated alkanes) is 4. The average molecular weight is 367 g/mol.